The minimum absolute atomic E-state index is 0.680. The van der Waals surface area contributed by atoms with Crippen LogP contribution in [0.15, 0.2) is 437 Å². The number of para-hydroxylation sites is 1. The Balaban J connectivity index is 0.900. The third-order valence-electron chi connectivity index (χ3n) is 22.2. The van der Waals surface area contributed by atoms with Gasteiger partial charge in [0.15, 0.2) is 21.4 Å². The van der Waals surface area contributed by atoms with Crippen molar-refractivity contribution in [2.24, 2.45) is 0 Å². The first-order valence-electron chi connectivity index (χ1n) is 38.0. The fourth-order valence-corrected chi connectivity index (χ4v) is 29.7. The molecule has 3 heterocycles. The molecule has 0 bridgehead atoms. The quantitative estimate of drug-likeness (QED) is 0.0804. The third-order valence-corrected chi connectivity index (χ3v) is 36.2. The number of aromatic nitrogens is 3. The van der Waals surface area contributed by atoms with E-state index in [2.05, 4.69) is 268 Å². The van der Waals surface area contributed by atoms with Crippen LogP contribution in [0.2, 0.25) is 0 Å². The molecule has 0 N–H and O–H groups in total. The molecular weight excluding hydrogens is 1470 g/mol. The van der Waals surface area contributed by atoms with Crippen molar-refractivity contribution in [3.63, 3.8) is 0 Å². The molecule has 0 fully saturated rings. The summed E-state index contributed by atoms with van der Waals surface area (Å²) in [5, 5.41) is 19.9. The minimum atomic E-state index is -3.56. The molecule has 20 aromatic rings. The summed E-state index contributed by atoms with van der Waals surface area (Å²) in [5.74, 6) is 0. The monoisotopic (exact) mass is 1540 g/mol. The predicted octanol–water partition coefficient (Wildman–Crippen LogP) is 19.4. The van der Waals surface area contributed by atoms with Crippen LogP contribution in [0.3, 0.4) is 0 Å². The summed E-state index contributed by atoms with van der Waals surface area (Å²) < 4.78 is 57.6. The molecule has 0 aliphatic rings. The van der Waals surface area contributed by atoms with E-state index in [4.69, 9.17) is 0 Å². The average molecular weight is 1540 g/mol. The number of rotatable bonds is 18. The van der Waals surface area contributed by atoms with Gasteiger partial charge in [-0.3, -0.25) is 0 Å². The van der Waals surface area contributed by atoms with E-state index in [1.165, 1.54) is 31.8 Å². The van der Waals surface area contributed by atoms with Crippen LogP contribution in [0, 0.1) is 0 Å². The van der Waals surface area contributed by atoms with E-state index in [0.717, 1.165) is 120 Å². The summed E-state index contributed by atoms with van der Waals surface area (Å²) in [4.78, 5) is 0. The largest absolute Gasteiger partial charge is 0.309 e. The molecule has 113 heavy (non-hydrogen) atoms. The molecule has 0 spiro atoms. The van der Waals surface area contributed by atoms with Crippen molar-refractivity contribution in [2.45, 2.75) is 0 Å². The second kappa shape index (κ2) is 29.1. The van der Waals surface area contributed by atoms with Gasteiger partial charge in [0.2, 0.25) is 0 Å². The molecule has 11 heteroatoms. The van der Waals surface area contributed by atoms with Crippen LogP contribution in [0.1, 0.15) is 0 Å². The number of fused-ring (bicyclic) bond motifs is 9. The first-order valence-corrected chi connectivity index (χ1v) is 45.8. The van der Waals surface area contributed by atoms with Gasteiger partial charge in [0, 0.05) is 80.1 Å². The summed E-state index contributed by atoms with van der Waals surface area (Å²) in [6.07, 6.45) is 0. The zero-order valence-electron chi connectivity index (χ0n) is 61.4. The van der Waals surface area contributed by atoms with E-state index < -0.39 is 37.3 Å². The molecular formula is C102H72N3O3P5. The fraction of sp³-hybridized carbons (Fsp3) is 0. The number of hydrogen-bond donors (Lipinski definition) is 0. The van der Waals surface area contributed by atoms with Crippen molar-refractivity contribution in [3.8, 4) is 17.1 Å². The maximum absolute atomic E-state index is 16.8. The van der Waals surface area contributed by atoms with Crippen molar-refractivity contribution < 1.29 is 13.7 Å². The normalized spacial score (nSPS) is 12.2. The molecule has 0 radical (unpaired) electrons. The topological polar surface area (TPSA) is 66.0 Å². The van der Waals surface area contributed by atoms with Crippen molar-refractivity contribution in [3.05, 3.63) is 437 Å². The van der Waals surface area contributed by atoms with Gasteiger partial charge in [0.05, 0.1) is 50.2 Å². The standard InChI is InChI=1S/C102H72N3O3P5/c106-111(82-41-19-5-20-42-82,83-43-21-6-22-44-83)88-57-62-100-94(70-88)93-69-81(110(78-37-15-3-16-38-78)79-39-17-4-18-40-79)56-61-99(93)104(100)74-65-73(103-97-54-32-31-53-91(97)92-68-80(55-60-98(92)103)109(76-33-11-1-12-34-76)77-35-13-2-14-36-77)66-75(67-74)105-101-63-58-89(112(107,84-45-23-7-24-46-84)85-47-25-8-26-48-85)71-95(101)96-72-90(59-64-102(96)105)113(108,86-49-27-9-28-50-86)87-51-29-10-30-52-87/h1-72H. The molecule has 6 nitrogen and oxygen atoms in total. The minimum Gasteiger partial charge on any atom is -0.309 e. The average Bonchev–Trinajstić information content (AvgIpc) is 1.58. The zero-order chi connectivity index (χ0) is 75.6. The molecule has 538 valence electrons. The van der Waals surface area contributed by atoms with Crippen molar-refractivity contribution in [1.29, 1.82) is 0 Å². The van der Waals surface area contributed by atoms with E-state index in [-0.39, 0.29) is 0 Å². The van der Waals surface area contributed by atoms with E-state index in [9.17, 15) is 0 Å². The van der Waals surface area contributed by atoms with Crippen molar-refractivity contribution in [2.75, 3.05) is 0 Å². The summed E-state index contributed by atoms with van der Waals surface area (Å²) in [6, 6.07) is 152. The lowest BCUT2D eigenvalue weighted by Gasteiger charge is -2.21. The Morgan fingerprint density at radius 3 is 0.628 bits per heavy atom. The van der Waals surface area contributed by atoms with E-state index in [1.54, 1.807) is 0 Å². The highest BCUT2D eigenvalue weighted by atomic mass is 31.2. The van der Waals surface area contributed by atoms with Gasteiger partial charge in [-0.25, -0.2) is 0 Å². The van der Waals surface area contributed by atoms with Crippen LogP contribution in [-0.2, 0) is 13.7 Å². The van der Waals surface area contributed by atoms with Crippen LogP contribution < -0.4 is 79.6 Å². The van der Waals surface area contributed by atoms with Gasteiger partial charge in [-0.1, -0.05) is 334 Å². The van der Waals surface area contributed by atoms with Gasteiger partial charge in [-0.2, -0.15) is 0 Å². The second-order valence-corrected chi connectivity index (χ2v) is 41.3. The lowest BCUT2D eigenvalue weighted by atomic mass is 10.1. The van der Waals surface area contributed by atoms with Crippen LogP contribution in [0.25, 0.3) is 82.5 Å². The lowest BCUT2D eigenvalue weighted by molar-refractivity contribution is 0.591. The molecule has 0 aliphatic carbocycles. The maximum Gasteiger partial charge on any atom is 0.171 e. The number of hydrogen-bond acceptors (Lipinski definition) is 3. The van der Waals surface area contributed by atoms with E-state index >= 15 is 13.7 Å². The Labute approximate surface area is 658 Å². The molecule has 20 rings (SSSR count). The Kier molecular flexibility index (Phi) is 18.0. The van der Waals surface area contributed by atoms with Gasteiger partial charge in [-0.05, 0) is 151 Å². The fourth-order valence-electron chi connectivity index (χ4n) is 17.0. The smallest absolute Gasteiger partial charge is 0.171 e. The van der Waals surface area contributed by atoms with Gasteiger partial charge >= 0.3 is 0 Å². The zero-order valence-corrected chi connectivity index (χ0v) is 65.8. The molecule has 3 aromatic heterocycles. The van der Waals surface area contributed by atoms with Crippen LogP contribution in [0.4, 0.5) is 0 Å². The first kappa shape index (κ1) is 69.9. The molecule has 0 aliphatic heterocycles. The highest BCUT2D eigenvalue weighted by Crippen LogP contribution is 2.50. The highest BCUT2D eigenvalue weighted by molar-refractivity contribution is 7.86. The van der Waals surface area contributed by atoms with E-state index in [1.807, 2.05) is 182 Å². The number of benzene rings is 17. The second-order valence-electron chi connectivity index (χ2n) is 28.6. The van der Waals surface area contributed by atoms with Gasteiger partial charge in [0.25, 0.3) is 0 Å². The molecule has 17 aromatic carbocycles. The first-order chi connectivity index (χ1) is 55.7. The van der Waals surface area contributed by atoms with E-state index in [0.29, 0.717) is 10.6 Å². The number of nitrogens with zero attached hydrogens (tertiary/aromatic N) is 3. The lowest BCUT2D eigenvalue weighted by Crippen LogP contribution is -2.25. The summed E-state index contributed by atoms with van der Waals surface area (Å²) in [5.41, 5.74) is 8.41. The predicted molar refractivity (Wildman–Crippen MR) is 485 cm³/mol. The Bertz CT molecular complexity index is 6770. The molecule has 0 unspecified atom stereocenters. The Hall–Kier alpha value is -12.3. The summed E-state index contributed by atoms with van der Waals surface area (Å²) in [7, 11) is -12.7. The Morgan fingerprint density at radius 1 is 0.159 bits per heavy atom. The molecule has 0 saturated carbocycles. The SMILES string of the molecule is O=P(c1ccccc1)(c1ccccc1)c1ccc2c(c1)c1cc(P(c3ccccc3)c3ccccc3)ccc1n2-c1cc(-n2c3ccccc3c3cc(P(c4ccccc4)c4ccccc4)ccc32)cc(-n2c3ccc(P(=O)(c4ccccc4)c4ccccc4)cc3c3cc(P(=O)(c4ccccc4)c4ccccc4)ccc32)c1. The van der Waals surface area contributed by atoms with Gasteiger partial charge < -0.3 is 27.4 Å². The maximum atomic E-state index is 16.8. The summed E-state index contributed by atoms with van der Waals surface area (Å²) >= 11 is 0. The highest BCUT2D eigenvalue weighted by Gasteiger charge is 2.35. The van der Waals surface area contributed by atoms with Gasteiger partial charge in [0.1, 0.15) is 0 Å². The van der Waals surface area contributed by atoms with Crippen LogP contribution in [0.5, 0.6) is 0 Å². The molecule has 0 atom stereocenters. The third kappa shape index (κ3) is 12.0. The van der Waals surface area contributed by atoms with Crippen molar-refractivity contribution in [1.82, 2.24) is 13.7 Å². The van der Waals surface area contributed by atoms with Gasteiger partial charge in [-0.15, -0.1) is 0 Å². The molecule has 0 amide bonds. The summed E-state index contributed by atoms with van der Waals surface area (Å²) in [6.45, 7) is 0. The van der Waals surface area contributed by atoms with Crippen LogP contribution in [-0.4, -0.2) is 13.7 Å². The van der Waals surface area contributed by atoms with Crippen LogP contribution >= 0.6 is 37.3 Å². The van der Waals surface area contributed by atoms with Crippen molar-refractivity contribution >= 4 is 182 Å². The Morgan fingerprint density at radius 2 is 0.363 bits per heavy atom. The molecule has 0 saturated heterocycles.